The summed E-state index contributed by atoms with van der Waals surface area (Å²) in [4.78, 5) is 23.9. The Morgan fingerprint density at radius 1 is 1.11 bits per heavy atom. The smallest absolute Gasteiger partial charge is 0.338 e. The largest absolute Gasteiger partial charge is 0.452 e. The maximum Gasteiger partial charge on any atom is 0.338 e. The summed E-state index contributed by atoms with van der Waals surface area (Å²) < 4.78 is 33.0. The first kappa shape index (κ1) is 21.9. The number of benzene rings is 2. The lowest BCUT2D eigenvalue weighted by molar-refractivity contribution is -0.124. The molecule has 0 radical (unpaired) electrons. The molecule has 28 heavy (non-hydrogen) atoms. The van der Waals surface area contributed by atoms with Crippen LogP contribution < -0.4 is 10.0 Å². The molecule has 0 unspecified atom stereocenters. The molecule has 2 rings (SSSR count). The van der Waals surface area contributed by atoms with E-state index < -0.39 is 28.5 Å². The molecule has 2 aromatic rings. The minimum atomic E-state index is -3.80. The number of sulfonamides is 1. The number of halogens is 1. The SMILES string of the molecule is CC(C)CNC(=O)COC(=O)c1cccc(NS(=O)(=O)c2ccc(Br)cc2)c1. The van der Waals surface area contributed by atoms with Gasteiger partial charge in [-0.1, -0.05) is 35.8 Å². The number of carbonyl (C=O) groups is 2. The number of nitrogens with one attached hydrogen (secondary N) is 2. The molecule has 1 amide bonds. The maximum atomic E-state index is 12.4. The Balaban J connectivity index is 2.02. The summed E-state index contributed by atoms with van der Waals surface area (Å²) >= 11 is 3.25. The van der Waals surface area contributed by atoms with E-state index in [1.54, 1.807) is 12.1 Å². The van der Waals surface area contributed by atoms with Crippen LogP contribution in [0.25, 0.3) is 0 Å². The first-order valence-electron chi connectivity index (χ1n) is 8.49. The van der Waals surface area contributed by atoms with E-state index in [1.165, 1.54) is 36.4 Å². The molecule has 0 aliphatic carbocycles. The van der Waals surface area contributed by atoms with Gasteiger partial charge in [-0.15, -0.1) is 0 Å². The molecule has 0 aromatic heterocycles. The number of rotatable bonds is 8. The summed E-state index contributed by atoms with van der Waals surface area (Å²) in [6, 6.07) is 12.0. The Bertz CT molecular complexity index is 943. The molecule has 0 saturated carbocycles. The van der Waals surface area contributed by atoms with Crippen molar-refractivity contribution in [1.82, 2.24) is 5.32 Å². The van der Waals surface area contributed by atoms with E-state index in [9.17, 15) is 18.0 Å². The van der Waals surface area contributed by atoms with Crippen LogP contribution in [0.5, 0.6) is 0 Å². The van der Waals surface area contributed by atoms with Gasteiger partial charge in [-0.05, 0) is 48.4 Å². The zero-order valence-electron chi connectivity index (χ0n) is 15.4. The van der Waals surface area contributed by atoms with Crippen molar-refractivity contribution in [1.29, 1.82) is 0 Å². The van der Waals surface area contributed by atoms with Crippen molar-refractivity contribution >= 4 is 43.5 Å². The van der Waals surface area contributed by atoms with Crippen LogP contribution in [-0.4, -0.2) is 33.4 Å². The van der Waals surface area contributed by atoms with E-state index in [0.717, 1.165) is 4.47 Å². The minimum Gasteiger partial charge on any atom is -0.452 e. The van der Waals surface area contributed by atoms with Crippen molar-refractivity contribution in [3.05, 3.63) is 58.6 Å². The second-order valence-electron chi connectivity index (χ2n) is 6.41. The van der Waals surface area contributed by atoms with E-state index in [0.29, 0.717) is 6.54 Å². The standard InChI is InChI=1S/C19H21BrN2O5S/c1-13(2)11-21-18(23)12-27-19(24)14-4-3-5-16(10-14)22-28(25,26)17-8-6-15(20)7-9-17/h3-10,13,22H,11-12H2,1-2H3,(H,21,23). The number of amides is 1. The van der Waals surface area contributed by atoms with Crippen molar-refractivity contribution in [2.24, 2.45) is 5.92 Å². The van der Waals surface area contributed by atoms with E-state index in [1.807, 2.05) is 13.8 Å². The van der Waals surface area contributed by atoms with Gasteiger partial charge in [-0.25, -0.2) is 13.2 Å². The lowest BCUT2D eigenvalue weighted by Crippen LogP contribution is -2.31. The summed E-state index contributed by atoms with van der Waals surface area (Å²) in [5, 5.41) is 2.64. The molecule has 9 heteroatoms. The molecular formula is C19H21BrN2O5S. The van der Waals surface area contributed by atoms with Gasteiger partial charge in [-0.3, -0.25) is 9.52 Å². The lowest BCUT2D eigenvalue weighted by Gasteiger charge is -2.10. The number of esters is 1. The summed E-state index contributed by atoms with van der Waals surface area (Å²) in [6.07, 6.45) is 0. The van der Waals surface area contributed by atoms with Crippen molar-refractivity contribution in [3.8, 4) is 0 Å². The summed E-state index contributed by atoms with van der Waals surface area (Å²) in [5.41, 5.74) is 0.342. The quantitative estimate of drug-likeness (QED) is 0.579. The molecule has 7 nitrogen and oxygen atoms in total. The van der Waals surface area contributed by atoms with Gasteiger partial charge in [0.05, 0.1) is 10.5 Å². The van der Waals surface area contributed by atoms with Crippen LogP contribution in [0.1, 0.15) is 24.2 Å². The second kappa shape index (κ2) is 9.70. The van der Waals surface area contributed by atoms with Crippen LogP contribution in [0, 0.1) is 5.92 Å². The number of hydrogen-bond donors (Lipinski definition) is 2. The van der Waals surface area contributed by atoms with Gasteiger partial charge in [0.1, 0.15) is 0 Å². The number of carbonyl (C=O) groups excluding carboxylic acids is 2. The third-order valence-corrected chi connectivity index (χ3v) is 5.44. The normalized spacial score (nSPS) is 11.1. The van der Waals surface area contributed by atoms with Gasteiger partial charge in [0.25, 0.3) is 15.9 Å². The molecule has 0 heterocycles. The van der Waals surface area contributed by atoms with E-state index in [4.69, 9.17) is 4.74 Å². The van der Waals surface area contributed by atoms with Gasteiger partial charge in [-0.2, -0.15) is 0 Å². The Hall–Kier alpha value is -2.39. The highest BCUT2D eigenvalue weighted by Gasteiger charge is 2.16. The topological polar surface area (TPSA) is 102 Å². The summed E-state index contributed by atoms with van der Waals surface area (Å²) in [5.74, 6) is -0.825. The highest BCUT2D eigenvalue weighted by molar-refractivity contribution is 9.10. The Kier molecular flexibility index (Phi) is 7.59. The highest BCUT2D eigenvalue weighted by atomic mass is 79.9. The van der Waals surface area contributed by atoms with E-state index in [2.05, 4.69) is 26.0 Å². The lowest BCUT2D eigenvalue weighted by atomic mass is 10.2. The minimum absolute atomic E-state index is 0.0884. The third-order valence-electron chi connectivity index (χ3n) is 3.52. The van der Waals surface area contributed by atoms with Crippen LogP contribution >= 0.6 is 15.9 Å². The van der Waals surface area contributed by atoms with Crippen LogP contribution in [0.15, 0.2) is 57.9 Å². The molecule has 0 fully saturated rings. The van der Waals surface area contributed by atoms with Gasteiger partial charge < -0.3 is 10.1 Å². The average molecular weight is 469 g/mol. The summed E-state index contributed by atoms with van der Waals surface area (Å²) in [7, 11) is -3.80. The Morgan fingerprint density at radius 2 is 1.79 bits per heavy atom. The fourth-order valence-electron chi connectivity index (χ4n) is 2.12. The molecule has 0 aliphatic rings. The van der Waals surface area contributed by atoms with E-state index in [-0.39, 0.29) is 22.1 Å². The zero-order valence-corrected chi connectivity index (χ0v) is 17.8. The predicted molar refractivity (Wildman–Crippen MR) is 110 cm³/mol. The first-order chi connectivity index (χ1) is 13.2. The predicted octanol–water partition coefficient (Wildman–Crippen LogP) is 3.18. The fraction of sp³-hybridized carbons (Fsp3) is 0.263. The Morgan fingerprint density at radius 3 is 2.43 bits per heavy atom. The van der Waals surface area contributed by atoms with Crippen LogP contribution in [0.3, 0.4) is 0 Å². The zero-order chi connectivity index (χ0) is 20.7. The molecular weight excluding hydrogens is 448 g/mol. The molecule has 2 N–H and O–H groups in total. The highest BCUT2D eigenvalue weighted by Crippen LogP contribution is 2.19. The van der Waals surface area contributed by atoms with Gasteiger partial charge in [0, 0.05) is 16.7 Å². The van der Waals surface area contributed by atoms with Crippen molar-refractivity contribution < 1.29 is 22.7 Å². The first-order valence-corrected chi connectivity index (χ1v) is 10.8. The Labute approximate surface area is 172 Å². The third kappa shape index (κ3) is 6.65. The van der Waals surface area contributed by atoms with E-state index >= 15 is 0 Å². The van der Waals surface area contributed by atoms with Gasteiger partial charge >= 0.3 is 5.97 Å². The molecule has 0 bridgehead atoms. The second-order valence-corrected chi connectivity index (χ2v) is 9.01. The van der Waals surface area contributed by atoms with Crippen LogP contribution in [0.4, 0.5) is 5.69 Å². The molecule has 0 saturated heterocycles. The molecule has 0 aliphatic heterocycles. The van der Waals surface area contributed by atoms with Gasteiger partial charge in [0.15, 0.2) is 6.61 Å². The van der Waals surface area contributed by atoms with Crippen molar-refractivity contribution in [2.45, 2.75) is 18.7 Å². The van der Waals surface area contributed by atoms with Gasteiger partial charge in [0.2, 0.25) is 0 Å². The van der Waals surface area contributed by atoms with Crippen molar-refractivity contribution in [3.63, 3.8) is 0 Å². The number of anilines is 1. The van der Waals surface area contributed by atoms with Crippen molar-refractivity contribution in [2.75, 3.05) is 17.9 Å². The molecule has 150 valence electrons. The molecule has 0 spiro atoms. The van der Waals surface area contributed by atoms with Crippen LogP contribution in [0.2, 0.25) is 0 Å². The maximum absolute atomic E-state index is 12.4. The average Bonchev–Trinajstić information content (AvgIpc) is 2.64. The monoisotopic (exact) mass is 468 g/mol. The summed E-state index contributed by atoms with van der Waals surface area (Å²) in [6.45, 7) is 3.99. The number of ether oxygens (including phenoxy) is 1. The molecule has 2 aromatic carbocycles. The molecule has 0 atom stereocenters. The number of hydrogen-bond acceptors (Lipinski definition) is 5. The fourth-order valence-corrected chi connectivity index (χ4v) is 3.43. The van der Waals surface area contributed by atoms with Crippen LogP contribution in [-0.2, 0) is 19.6 Å².